The summed E-state index contributed by atoms with van der Waals surface area (Å²) in [5.74, 6) is 0.273. The maximum Gasteiger partial charge on any atom is 0.249 e. The molecule has 0 aromatic heterocycles. The molecule has 3 N–H and O–H groups in total. The van der Waals surface area contributed by atoms with Crippen molar-refractivity contribution in [1.29, 1.82) is 0 Å². The van der Waals surface area contributed by atoms with Crippen molar-refractivity contribution in [2.75, 3.05) is 18.0 Å². The van der Waals surface area contributed by atoms with Gasteiger partial charge in [0.1, 0.15) is 6.04 Å². The van der Waals surface area contributed by atoms with Crippen LogP contribution in [-0.2, 0) is 9.59 Å². The van der Waals surface area contributed by atoms with E-state index in [-0.39, 0.29) is 17.9 Å². The lowest BCUT2D eigenvalue weighted by Gasteiger charge is -2.21. The van der Waals surface area contributed by atoms with E-state index in [4.69, 9.17) is 5.73 Å². The minimum Gasteiger partial charge on any atom is -0.344 e. The van der Waals surface area contributed by atoms with Gasteiger partial charge in [0.15, 0.2) is 0 Å². The first-order valence-corrected chi connectivity index (χ1v) is 7.10. The number of amides is 2. The van der Waals surface area contributed by atoms with E-state index in [1.165, 1.54) is 5.56 Å². The zero-order valence-corrected chi connectivity index (χ0v) is 11.3. The number of benzene rings is 1. The molecule has 0 saturated carbocycles. The zero-order valence-electron chi connectivity index (χ0n) is 11.3. The van der Waals surface area contributed by atoms with Crippen LogP contribution in [0.15, 0.2) is 24.3 Å². The van der Waals surface area contributed by atoms with Crippen LogP contribution in [0, 0.1) is 0 Å². The Hall–Kier alpha value is -1.88. The number of nitrogens with one attached hydrogen (secondary N) is 1. The van der Waals surface area contributed by atoms with Crippen LogP contribution in [-0.4, -0.2) is 30.9 Å². The molecule has 1 fully saturated rings. The third-order valence-electron chi connectivity index (χ3n) is 4.14. The summed E-state index contributed by atoms with van der Waals surface area (Å²) in [6.45, 7) is 1.28. The molecule has 2 atom stereocenters. The van der Waals surface area contributed by atoms with E-state index in [0.29, 0.717) is 31.8 Å². The fourth-order valence-electron chi connectivity index (χ4n) is 3.14. The van der Waals surface area contributed by atoms with Gasteiger partial charge in [-0.1, -0.05) is 18.2 Å². The van der Waals surface area contributed by atoms with Crippen LogP contribution < -0.4 is 16.0 Å². The number of nitrogens with zero attached hydrogens (tertiary/aromatic N) is 1. The van der Waals surface area contributed by atoms with Gasteiger partial charge < -0.3 is 16.0 Å². The van der Waals surface area contributed by atoms with Gasteiger partial charge in [0, 0.05) is 24.6 Å². The standard InChI is InChI=1S/C15H19N3O2/c16-8-7-10-9-18(13-4-2-1-3-11(10)13)15(20)12-5-6-14(19)17-12/h1-4,10,12H,5-9,16H2,(H,17,19)/t10?,12-/m0/s1. The number of hydrogen-bond donors (Lipinski definition) is 2. The lowest BCUT2D eigenvalue weighted by atomic mass is 9.98. The fourth-order valence-corrected chi connectivity index (χ4v) is 3.14. The minimum absolute atomic E-state index is 0.00261. The van der Waals surface area contributed by atoms with Gasteiger partial charge in [-0.3, -0.25) is 9.59 Å². The molecule has 2 aliphatic rings. The third-order valence-corrected chi connectivity index (χ3v) is 4.14. The first kappa shape index (κ1) is 13.1. The van der Waals surface area contributed by atoms with Crippen LogP contribution in [0.4, 0.5) is 5.69 Å². The molecule has 0 radical (unpaired) electrons. The number of carbonyl (C=O) groups excluding carboxylic acids is 2. The van der Waals surface area contributed by atoms with Gasteiger partial charge >= 0.3 is 0 Å². The highest BCUT2D eigenvalue weighted by atomic mass is 16.2. The monoisotopic (exact) mass is 273 g/mol. The van der Waals surface area contributed by atoms with E-state index in [1.54, 1.807) is 0 Å². The van der Waals surface area contributed by atoms with Gasteiger partial charge in [-0.05, 0) is 31.0 Å². The number of para-hydroxylation sites is 1. The Bertz CT molecular complexity index is 544. The van der Waals surface area contributed by atoms with Crippen molar-refractivity contribution in [2.45, 2.75) is 31.2 Å². The highest BCUT2D eigenvalue weighted by Crippen LogP contribution is 2.38. The second-order valence-electron chi connectivity index (χ2n) is 5.44. The molecule has 2 amide bonds. The molecule has 0 bridgehead atoms. The molecule has 106 valence electrons. The molecule has 2 heterocycles. The SMILES string of the molecule is NCCC1CN(C(=O)[C@@H]2CCC(=O)N2)c2ccccc21. The largest absolute Gasteiger partial charge is 0.344 e. The molecule has 0 aliphatic carbocycles. The van der Waals surface area contributed by atoms with Gasteiger partial charge in [0.2, 0.25) is 11.8 Å². The van der Waals surface area contributed by atoms with Crippen molar-refractivity contribution in [3.63, 3.8) is 0 Å². The second kappa shape index (κ2) is 5.25. The average Bonchev–Trinajstić information content (AvgIpc) is 3.04. The third kappa shape index (κ3) is 2.18. The van der Waals surface area contributed by atoms with E-state index in [2.05, 4.69) is 11.4 Å². The van der Waals surface area contributed by atoms with Crippen molar-refractivity contribution in [1.82, 2.24) is 5.32 Å². The molecule has 0 spiro atoms. The van der Waals surface area contributed by atoms with Crippen molar-refractivity contribution >= 4 is 17.5 Å². The molecule has 1 aromatic rings. The molecule has 1 unspecified atom stereocenters. The molecule has 20 heavy (non-hydrogen) atoms. The van der Waals surface area contributed by atoms with Gasteiger partial charge in [0.25, 0.3) is 0 Å². The summed E-state index contributed by atoms with van der Waals surface area (Å²) in [6.07, 6.45) is 1.91. The van der Waals surface area contributed by atoms with Crippen molar-refractivity contribution in [2.24, 2.45) is 5.73 Å². The van der Waals surface area contributed by atoms with Crippen molar-refractivity contribution < 1.29 is 9.59 Å². The van der Waals surface area contributed by atoms with E-state index in [0.717, 1.165) is 12.1 Å². The molecule has 1 saturated heterocycles. The maximum absolute atomic E-state index is 12.6. The summed E-state index contributed by atoms with van der Waals surface area (Å²) in [4.78, 5) is 25.7. The Morgan fingerprint density at radius 2 is 2.20 bits per heavy atom. The van der Waals surface area contributed by atoms with Crippen LogP contribution in [0.2, 0.25) is 0 Å². The Balaban J connectivity index is 1.84. The molecule has 3 rings (SSSR count). The predicted molar refractivity (Wildman–Crippen MR) is 76.4 cm³/mol. The molecular weight excluding hydrogens is 254 g/mol. The van der Waals surface area contributed by atoms with Gasteiger partial charge in [-0.25, -0.2) is 0 Å². The molecule has 5 heteroatoms. The first-order valence-electron chi connectivity index (χ1n) is 7.10. The fraction of sp³-hybridized carbons (Fsp3) is 0.467. The summed E-state index contributed by atoms with van der Waals surface area (Å²) < 4.78 is 0. The summed E-state index contributed by atoms with van der Waals surface area (Å²) >= 11 is 0. The number of hydrogen-bond acceptors (Lipinski definition) is 3. The lowest BCUT2D eigenvalue weighted by molar-refractivity contribution is -0.124. The topological polar surface area (TPSA) is 75.4 Å². The van der Waals surface area contributed by atoms with Gasteiger partial charge in [0.05, 0.1) is 0 Å². The Morgan fingerprint density at radius 3 is 2.90 bits per heavy atom. The van der Waals surface area contributed by atoms with Crippen LogP contribution in [0.25, 0.3) is 0 Å². The minimum atomic E-state index is -0.368. The summed E-state index contributed by atoms with van der Waals surface area (Å²) in [7, 11) is 0. The smallest absolute Gasteiger partial charge is 0.249 e. The van der Waals surface area contributed by atoms with E-state index >= 15 is 0 Å². The van der Waals surface area contributed by atoms with E-state index in [1.807, 2.05) is 23.1 Å². The summed E-state index contributed by atoms with van der Waals surface area (Å²) in [5.41, 5.74) is 7.83. The molecule has 1 aromatic carbocycles. The van der Waals surface area contributed by atoms with Crippen LogP contribution in [0.1, 0.15) is 30.7 Å². The lowest BCUT2D eigenvalue weighted by Crippen LogP contribution is -2.44. The number of nitrogens with two attached hydrogens (primary N) is 1. The number of fused-ring (bicyclic) bond motifs is 1. The second-order valence-corrected chi connectivity index (χ2v) is 5.44. The maximum atomic E-state index is 12.6. The van der Waals surface area contributed by atoms with Crippen molar-refractivity contribution in [3.8, 4) is 0 Å². The van der Waals surface area contributed by atoms with Gasteiger partial charge in [-0.15, -0.1) is 0 Å². The Labute approximate surface area is 118 Å². The highest BCUT2D eigenvalue weighted by Gasteiger charge is 2.37. The Kier molecular flexibility index (Phi) is 3.44. The number of carbonyl (C=O) groups is 2. The van der Waals surface area contributed by atoms with Crippen LogP contribution in [0.3, 0.4) is 0 Å². The summed E-state index contributed by atoms with van der Waals surface area (Å²) in [6, 6.07) is 7.61. The van der Waals surface area contributed by atoms with Crippen molar-refractivity contribution in [3.05, 3.63) is 29.8 Å². The van der Waals surface area contributed by atoms with E-state index < -0.39 is 0 Å². The number of anilines is 1. The summed E-state index contributed by atoms with van der Waals surface area (Å²) in [5, 5.41) is 2.75. The molecule has 5 nitrogen and oxygen atoms in total. The van der Waals surface area contributed by atoms with Gasteiger partial charge in [-0.2, -0.15) is 0 Å². The average molecular weight is 273 g/mol. The van der Waals surface area contributed by atoms with Crippen LogP contribution in [0.5, 0.6) is 0 Å². The quantitative estimate of drug-likeness (QED) is 0.853. The normalized spacial score (nSPS) is 24.6. The number of rotatable bonds is 3. The molecule has 2 aliphatic heterocycles. The van der Waals surface area contributed by atoms with Crippen LogP contribution >= 0.6 is 0 Å². The zero-order chi connectivity index (χ0) is 14.1. The van der Waals surface area contributed by atoms with E-state index in [9.17, 15) is 9.59 Å². The predicted octanol–water partition coefficient (Wildman–Crippen LogP) is 0.744. The molecular formula is C15H19N3O2. The first-order chi connectivity index (χ1) is 9.70. The highest BCUT2D eigenvalue weighted by molar-refractivity contribution is 6.02. The Morgan fingerprint density at radius 1 is 1.40 bits per heavy atom.